The summed E-state index contributed by atoms with van der Waals surface area (Å²) < 4.78 is 2.42. The topological polar surface area (TPSA) is 83.3 Å². The number of hydrogen-bond donors (Lipinski definition) is 2. The molecule has 7 nitrogen and oxygen atoms in total. The number of ketones is 1. The second-order valence-corrected chi connectivity index (χ2v) is 13.1. The van der Waals surface area contributed by atoms with E-state index >= 15 is 0 Å². The van der Waals surface area contributed by atoms with Gasteiger partial charge in [-0.2, -0.15) is 0 Å². The fraction of sp³-hybridized carbons (Fsp3) is 0.759. The van der Waals surface area contributed by atoms with E-state index in [-0.39, 0.29) is 11.8 Å². The second-order valence-electron chi connectivity index (χ2n) is 12.0. The van der Waals surface area contributed by atoms with Crippen LogP contribution in [0.2, 0.25) is 0 Å². The van der Waals surface area contributed by atoms with Crippen molar-refractivity contribution >= 4 is 17.1 Å². The Hall–Kier alpha value is -1.61. The molecule has 2 aliphatic heterocycles. The van der Waals surface area contributed by atoms with E-state index in [0.29, 0.717) is 30.0 Å². The van der Waals surface area contributed by atoms with Crippen molar-refractivity contribution in [2.45, 2.75) is 128 Å². The molecule has 0 spiro atoms. The number of nitrogens with zero attached hydrogens (tertiary/aromatic N) is 4. The Morgan fingerprint density at radius 2 is 1.78 bits per heavy atom. The van der Waals surface area contributed by atoms with Crippen LogP contribution in [-0.2, 0) is 0 Å². The van der Waals surface area contributed by atoms with Gasteiger partial charge in [0.25, 0.3) is 0 Å². The van der Waals surface area contributed by atoms with Gasteiger partial charge in [0.2, 0.25) is 0 Å². The number of piperidine rings is 1. The fourth-order valence-electron chi connectivity index (χ4n) is 7.16. The van der Waals surface area contributed by atoms with Gasteiger partial charge in [0.05, 0.1) is 4.88 Å². The van der Waals surface area contributed by atoms with Gasteiger partial charge in [-0.3, -0.25) is 15.0 Å². The fourth-order valence-corrected chi connectivity index (χ4v) is 8.16. The maximum atomic E-state index is 12.0. The Morgan fingerprint density at radius 1 is 1.08 bits per heavy atom. The summed E-state index contributed by atoms with van der Waals surface area (Å²) in [6.45, 7) is 9.17. The molecule has 37 heavy (non-hydrogen) atoms. The number of aliphatic hydroxyl groups excluding tert-OH is 1. The molecule has 2 N–H and O–H groups in total. The van der Waals surface area contributed by atoms with Crippen LogP contribution in [0.3, 0.4) is 0 Å². The molecule has 8 heteroatoms. The zero-order valence-corrected chi connectivity index (χ0v) is 23.8. The van der Waals surface area contributed by atoms with Gasteiger partial charge in [-0.25, -0.2) is 0 Å². The maximum Gasteiger partial charge on any atom is 0.169 e. The number of carbonyl (C=O) groups is 1. The number of hydrogen-bond acceptors (Lipinski definition) is 7. The first-order valence-corrected chi connectivity index (χ1v) is 15.3. The van der Waals surface area contributed by atoms with Crippen molar-refractivity contribution in [3.63, 3.8) is 0 Å². The number of nitrogens with one attached hydrogen (secondary N) is 1. The lowest BCUT2D eigenvalue weighted by Gasteiger charge is -2.41. The zero-order valence-electron chi connectivity index (χ0n) is 23.0. The first-order chi connectivity index (χ1) is 17.8. The van der Waals surface area contributed by atoms with Crippen LogP contribution in [0.4, 0.5) is 0 Å². The maximum absolute atomic E-state index is 12.0. The number of rotatable bonds is 10. The first-order valence-electron chi connectivity index (χ1n) is 14.5. The summed E-state index contributed by atoms with van der Waals surface area (Å²) in [6.07, 6.45) is 11.2. The van der Waals surface area contributed by atoms with Crippen molar-refractivity contribution in [1.82, 2.24) is 25.0 Å². The number of Topliss-reactive ketones (excluding diaryl/α,β-unsaturated/α-hetero) is 1. The average molecular weight is 528 g/mol. The first kappa shape index (κ1) is 27.0. The van der Waals surface area contributed by atoms with Crippen LogP contribution in [-0.4, -0.2) is 55.4 Å². The molecule has 2 aromatic rings. The van der Waals surface area contributed by atoms with Crippen LogP contribution >= 0.6 is 11.3 Å². The van der Waals surface area contributed by atoms with Crippen molar-refractivity contribution in [1.29, 1.82) is 0 Å². The number of thiophene rings is 1. The van der Waals surface area contributed by atoms with Crippen molar-refractivity contribution in [2.24, 2.45) is 5.92 Å². The van der Waals surface area contributed by atoms with E-state index in [2.05, 4.69) is 51.8 Å². The Balaban J connectivity index is 1.27. The Kier molecular flexibility index (Phi) is 8.49. The van der Waals surface area contributed by atoms with Crippen LogP contribution in [0.5, 0.6) is 0 Å². The molecule has 2 bridgehead atoms. The zero-order chi connectivity index (χ0) is 26.1. The second kappa shape index (κ2) is 11.6. The summed E-state index contributed by atoms with van der Waals surface area (Å²) in [4.78, 5) is 16.7. The summed E-state index contributed by atoms with van der Waals surface area (Å²) in [7, 11) is 0. The van der Waals surface area contributed by atoms with Gasteiger partial charge in [-0.1, -0.05) is 33.1 Å². The van der Waals surface area contributed by atoms with Gasteiger partial charge in [0, 0.05) is 41.5 Å². The Labute approximate surface area is 226 Å². The van der Waals surface area contributed by atoms with Gasteiger partial charge in [-0.05, 0) is 76.8 Å². The number of aryl methyl sites for hydroxylation is 1. The van der Waals surface area contributed by atoms with E-state index in [0.717, 1.165) is 55.2 Å². The normalized spacial score (nSPS) is 26.6. The third-order valence-corrected chi connectivity index (χ3v) is 10.4. The molecule has 0 radical (unpaired) electrons. The van der Waals surface area contributed by atoms with Crippen LogP contribution in [0.15, 0.2) is 12.1 Å². The Morgan fingerprint density at radius 3 is 2.41 bits per heavy atom. The lowest BCUT2D eigenvalue weighted by atomic mass is 9.87. The van der Waals surface area contributed by atoms with Crippen molar-refractivity contribution in [2.75, 3.05) is 6.54 Å². The standard InChI is InChI=1S/C29H45N5O2S/c1-18(2)28-32-31-20(4)34(28)24-16-22-10-11-23(17-24)33(22)15-14-25(27-13-12-26(37-27)19(3)35)30-29(36)21-8-6-5-7-9-21/h12-13,18,21-25,29-30,36H,5-11,14-17H2,1-4H3/t22?,23?,24?,25-,29?/m0/s1. The molecule has 3 fully saturated rings. The van der Waals surface area contributed by atoms with Gasteiger partial charge < -0.3 is 9.67 Å². The predicted octanol–water partition coefficient (Wildman–Crippen LogP) is 5.76. The monoisotopic (exact) mass is 527 g/mol. The highest BCUT2D eigenvalue weighted by molar-refractivity contribution is 7.14. The molecule has 4 atom stereocenters. The molecular formula is C29H45N5O2S. The van der Waals surface area contributed by atoms with Crippen LogP contribution < -0.4 is 5.32 Å². The summed E-state index contributed by atoms with van der Waals surface area (Å²) in [5, 5.41) is 23.6. The van der Waals surface area contributed by atoms with Gasteiger partial charge in [0.1, 0.15) is 17.9 Å². The van der Waals surface area contributed by atoms with E-state index in [9.17, 15) is 9.90 Å². The minimum atomic E-state index is -0.484. The van der Waals surface area contributed by atoms with Crippen molar-refractivity contribution in [3.8, 4) is 0 Å². The SMILES string of the molecule is CC(=O)c1ccc([C@H](CCN2C3CCC2CC(n2c(C)nnc2C(C)C)C3)NC(O)C2CCCCC2)s1. The van der Waals surface area contributed by atoms with Crippen LogP contribution in [0.25, 0.3) is 0 Å². The number of aromatic nitrogens is 3. The lowest BCUT2D eigenvalue weighted by molar-refractivity contribution is 0.0391. The van der Waals surface area contributed by atoms with Crippen LogP contribution in [0, 0.1) is 12.8 Å². The Bertz CT molecular complexity index is 1040. The lowest BCUT2D eigenvalue weighted by Crippen LogP contribution is -2.46. The number of fused-ring (bicyclic) bond motifs is 2. The van der Waals surface area contributed by atoms with E-state index in [1.807, 2.05) is 6.07 Å². The summed E-state index contributed by atoms with van der Waals surface area (Å²) in [6, 6.07) is 5.78. The highest BCUT2D eigenvalue weighted by Crippen LogP contribution is 2.42. The molecular weight excluding hydrogens is 482 g/mol. The number of aliphatic hydroxyl groups is 1. The average Bonchev–Trinajstić information content (AvgIpc) is 3.58. The smallest absolute Gasteiger partial charge is 0.169 e. The highest BCUT2D eigenvalue weighted by Gasteiger charge is 2.42. The summed E-state index contributed by atoms with van der Waals surface area (Å²) >= 11 is 1.59. The highest BCUT2D eigenvalue weighted by atomic mass is 32.1. The van der Waals surface area contributed by atoms with E-state index in [1.165, 1.54) is 37.0 Å². The van der Waals surface area contributed by atoms with E-state index in [1.54, 1.807) is 18.3 Å². The molecule has 2 saturated heterocycles. The molecule has 0 amide bonds. The summed E-state index contributed by atoms with van der Waals surface area (Å²) in [5.74, 6) is 2.99. The minimum Gasteiger partial charge on any atom is -0.378 e. The summed E-state index contributed by atoms with van der Waals surface area (Å²) in [5.41, 5.74) is 0. The van der Waals surface area contributed by atoms with Gasteiger partial charge in [0.15, 0.2) is 5.78 Å². The van der Waals surface area contributed by atoms with Gasteiger partial charge in [-0.15, -0.1) is 21.5 Å². The molecule has 5 rings (SSSR count). The minimum absolute atomic E-state index is 0.0692. The molecule has 1 saturated carbocycles. The third-order valence-electron chi connectivity index (χ3n) is 9.10. The van der Waals surface area contributed by atoms with E-state index in [4.69, 9.17) is 0 Å². The molecule has 0 aromatic carbocycles. The largest absolute Gasteiger partial charge is 0.378 e. The molecule has 204 valence electrons. The van der Waals surface area contributed by atoms with Crippen molar-refractivity contribution in [3.05, 3.63) is 33.5 Å². The molecule has 2 aromatic heterocycles. The predicted molar refractivity (Wildman–Crippen MR) is 148 cm³/mol. The molecule has 3 aliphatic rings. The van der Waals surface area contributed by atoms with Gasteiger partial charge >= 0.3 is 0 Å². The number of carbonyl (C=O) groups excluding carboxylic acids is 1. The van der Waals surface area contributed by atoms with E-state index < -0.39 is 6.23 Å². The third kappa shape index (κ3) is 5.87. The van der Waals surface area contributed by atoms with Crippen LogP contribution in [0.1, 0.15) is 129 Å². The molecule has 1 aliphatic carbocycles. The molecule has 3 unspecified atom stereocenters. The quantitative estimate of drug-likeness (QED) is 0.302. The molecule has 4 heterocycles. The van der Waals surface area contributed by atoms with Crippen molar-refractivity contribution < 1.29 is 9.90 Å².